The molecule has 2 N–H and O–H groups in total. The molecule has 0 atom stereocenters. The first-order valence-corrected chi connectivity index (χ1v) is 7.44. The zero-order valence-electron chi connectivity index (χ0n) is 13.1. The van der Waals surface area contributed by atoms with Gasteiger partial charge in [0.05, 0.1) is 0 Å². The second-order valence-corrected chi connectivity index (χ2v) is 6.94. The number of anilines is 1. The Morgan fingerprint density at radius 3 is 2.48 bits per heavy atom. The summed E-state index contributed by atoms with van der Waals surface area (Å²) in [6, 6.07) is 4.77. The average molecular weight is 287 g/mol. The van der Waals surface area contributed by atoms with Crippen molar-refractivity contribution in [1.82, 2.24) is 9.55 Å². The van der Waals surface area contributed by atoms with Gasteiger partial charge in [0.2, 0.25) is 0 Å². The zero-order chi connectivity index (χ0) is 15.4. The third-order valence-electron chi connectivity index (χ3n) is 4.00. The minimum Gasteiger partial charge on any atom is -0.383 e. The van der Waals surface area contributed by atoms with Crippen molar-refractivity contribution in [3.8, 4) is 11.3 Å². The van der Waals surface area contributed by atoms with Crippen molar-refractivity contribution in [2.45, 2.75) is 52.0 Å². The van der Waals surface area contributed by atoms with E-state index in [0.29, 0.717) is 11.7 Å². The highest BCUT2D eigenvalue weighted by molar-refractivity contribution is 5.74. The predicted molar refractivity (Wildman–Crippen MR) is 83.7 cm³/mol. The minimum atomic E-state index is -0.229. The van der Waals surface area contributed by atoms with E-state index < -0.39 is 0 Å². The van der Waals surface area contributed by atoms with Gasteiger partial charge in [-0.05, 0) is 64.3 Å². The molecule has 1 aromatic heterocycles. The van der Waals surface area contributed by atoms with Gasteiger partial charge in [0, 0.05) is 17.0 Å². The molecule has 1 fully saturated rings. The molecule has 4 heteroatoms. The number of nitrogens with two attached hydrogens (primary N) is 1. The normalized spacial score (nSPS) is 15.5. The summed E-state index contributed by atoms with van der Waals surface area (Å²) in [4.78, 5) is 4.81. The molecule has 0 saturated heterocycles. The lowest BCUT2D eigenvalue weighted by molar-refractivity contribution is 0.388. The molecule has 0 unspecified atom stereocenters. The van der Waals surface area contributed by atoms with Crippen LogP contribution in [0.15, 0.2) is 18.2 Å². The third-order valence-corrected chi connectivity index (χ3v) is 4.00. The van der Waals surface area contributed by atoms with Crippen LogP contribution in [-0.2, 0) is 5.54 Å². The lowest BCUT2D eigenvalue weighted by Gasteiger charge is -2.25. The van der Waals surface area contributed by atoms with Crippen LogP contribution in [0.5, 0.6) is 0 Å². The molecule has 112 valence electrons. The van der Waals surface area contributed by atoms with Crippen molar-refractivity contribution in [1.29, 1.82) is 0 Å². The summed E-state index contributed by atoms with van der Waals surface area (Å²) in [5.74, 6) is 2.03. The van der Waals surface area contributed by atoms with Crippen molar-refractivity contribution in [3.63, 3.8) is 0 Å². The van der Waals surface area contributed by atoms with Crippen LogP contribution in [-0.4, -0.2) is 9.55 Å². The number of nitrogen functional groups attached to an aromatic ring is 1. The first-order valence-electron chi connectivity index (χ1n) is 7.44. The number of hydrogen-bond donors (Lipinski definition) is 1. The molecule has 0 bridgehead atoms. The Labute approximate surface area is 125 Å². The fourth-order valence-electron chi connectivity index (χ4n) is 2.86. The fourth-order valence-corrected chi connectivity index (χ4v) is 2.86. The van der Waals surface area contributed by atoms with E-state index in [1.807, 2.05) is 6.92 Å². The van der Waals surface area contributed by atoms with Crippen molar-refractivity contribution in [2.24, 2.45) is 0 Å². The Morgan fingerprint density at radius 2 is 1.95 bits per heavy atom. The van der Waals surface area contributed by atoms with E-state index in [0.717, 1.165) is 22.6 Å². The van der Waals surface area contributed by atoms with Gasteiger partial charge in [-0.1, -0.05) is 0 Å². The maximum atomic E-state index is 13.3. The van der Waals surface area contributed by atoms with Crippen molar-refractivity contribution in [3.05, 3.63) is 35.4 Å². The molecule has 0 radical (unpaired) electrons. The largest absolute Gasteiger partial charge is 0.383 e. The van der Waals surface area contributed by atoms with Gasteiger partial charge in [-0.3, -0.25) is 0 Å². The van der Waals surface area contributed by atoms with E-state index in [1.54, 1.807) is 6.07 Å². The first kappa shape index (κ1) is 14.1. The number of aromatic nitrogens is 2. The molecular formula is C17H22FN3. The quantitative estimate of drug-likeness (QED) is 0.899. The molecule has 3 nitrogen and oxygen atoms in total. The SMILES string of the molecule is Cc1cc(F)ccc1-c1nc(C2CC2)n(C(C)(C)C)c1N. The lowest BCUT2D eigenvalue weighted by Crippen LogP contribution is -2.25. The molecule has 1 heterocycles. The van der Waals surface area contributed by atoms with Crippen LogP contribution in [0, 0.1) is 12.7 Å². The molecule has 2 aromatic rings. The van der Waals surface area contributed by atoms with Gasteiger partial charge in [0.25, 0.3) is 0 Å². The van der Waals surface area contributed by atoms with Crippen LogP contribution in [0.25, 0.3) is 11.3 Å². The summed E-state index contributed by atoms with van der Waals surface area (Å²) < 4.78 is 15.5. The van der Waals surface area contributed by atoms with Gasteiger partial charge in [-0.15, -0.1) is 0 Å². The van der Waals surface area contributed by atoms with Crippen molar-refractivity contribution < 1.29 is 4.39 Å². The number of hydrogen-bond acceptors (Lipinski definition) is 2. The van der Waals surface area contributed by atoms with Gasteiger partial charge in [-0.25, -0.2) is 9.37 Å². The van der Waals surface area contributed by atoms with E-state index in [1.165, 1.54) is 25.0 Å². The number of imidazole rings is 1. The smallest absolute Gasteiger partial charge is 0.132 e. The Hall–Kier alpha value is -1.84. The van der Waals surface area contributed by atoms with E-state index in [-0.39, 0.29) is 11.4 Å². The number of nitrogens with zero attached hydrogens (tertiary/aromatic N) is 2. The lowest BCUT2D eigenvalue weighted by atomic mass is 10.0. The fraction of sp³-hybridized carbons (Fsp3) is 0.471. The van der Waals surface area contributed by atoms with Crippen LogP contribution in [0.3, 0.4) is 0 Å². The van der Waals surface area contributed by atoms with Crippen molar-refractivity contribution in [2.75, 3.05) is 5.73 Å². The van der Waals surface area contributed by atoms with E-state index in [9.17, 15) is 4.39 Å². The summed E-state index contributed by atoms with van der Waals surface area (Å²) in [6.45, 7) is 8.30. The van der Waals surface area contributed by atoms with Gasteiger partial charge in [0.15, 0.2) is 0 Å². The molecular weight excluding hydrogens is 265 g/mol. The average Bonchev–Trinajstić information content (AvgIpc) is 3.13. The molecule has 1 aliphatic rings. The molecule has 3 rings (SSSR count). The molecule has 1 saturated carbocycles. The third kappa shape index (κ3) is 2.43. The van der Waals surface area contributed by atoms with Gasteiger partial charge < -0.3 is 10.3 Å². The maximum Gasteiger partial charge on any atom is 0.132 e. The molecule has 1 aromatic carbocycles. The van der Waals surface area contributed by atoms with Crippen LogP contribution in [0.1, 0.15) is 50.9 Å². The maximum absolute atomic E-state index is 13.3. The topological polar surface area (TPSA) is 43.8 Å². The Kier molecular flexibility index (Phi) is 3.08. The Bertz CT molecular complexity index is 691. The highest BCUT2D eigenvalue weighted by atomic mass is 19.1. The van der Waals surface area contributed by atoms with Crippen LogP contribution < -0.4 is 5.73 Å². The Morgan fingerprint density at radius 1 is 1.29 bits per heavy atom. The summed E-state index contributed by atoms with van der Waals surface area (Å²) in [5.41, 5.74) is 8.85. The highest BCUT2D eigenvalue weighted by Gasteiger charge is 2.34. The highest BCUT2D eigenvalue weighted by Crippen LogP contribution is 2.44. The van der Waals surface area contributed by atoms with Crippen molar-refractivity contribution >= 4 is 5.82 Å². The first-order chi connectivity index (χ1) is 9.79. The van der Waals surface area contributed by atoms with E-state index in [4.69, 9.17) is 10.7 Å². The van der Waals surface area contributed by atoms with Gasteiger partial charge in [-0.2, -0.15) is 0 Å². The number of aryl methyl sites for hydroxylation is 1. The molecule has 0 amide bonds. The second-order valence-electron chi connectivity index (χ2n) is 6.94. The van der Waals surface area contributed by atoms with E-state index in [2.05, 4.69) is 25.3 Å². The van der Waals surface area contributed by atoms with Crippen LogP contribution >= 0.6 is 0 Å². The van der Waals surface area contributed by atoms with E-state index >= 15 is 0 Å². The Balaban J connectivity index is 2.20. The molecule has 0 spiro atoms. The minimum absolute atomic E-state index is 0.110. The number of benzene rings is 1. The molecule has 0 aliphatic heterocycles. The molecule has 1 aliphatic carbocycles. The standard InChI is InChI=1S/C17H22FN3/c1-10-9-12(18)7-8-13(10)14-15(19)21(17(2,3)4)16(20-14)11-5-6-11/h7-9,11H,5-6,19H2,1-4H3. The predicted octanol–water partition coefficient (Wildman–Crippen LogP) is 4.21. The number of halogens is 1. The number of rotatable bonds is 2. The molecule has 21 heavy (non-hydrogen) atoms. The summed E-state index contributed by atoms with van der Waals surface area (Å²) in [6.07, 6.45) is 2.35. The summed E-state index contributed by atoms with van der Waals surface area (Å²) >= 11 is 0. The van der Waals surface area contributed by atoms with Crippen LogP contribution in [0.2, 0.25) is 0 Å². The van der Waals surface area contributed by atoms with Crippen LogP contribution in [0.4, 0.5) is 10.2 Å². The monoisotopic (exact) mass is 287 g/mol. The van der Waals surface area contributed by atoms with Gasteiger partial charge in [0.1, 0.15) is 23.2 Å². The zero-order valence-corrected chi connectivity index (χ0v) is 13.1. The van der Waals surface area contributed by atoms with Gasteiger partial charge >= 0.3 is 0 Å². The summed E-state index contributed by atoms with van der Waals surface area (Å²) in [5, 5.41) is 0. The summed E-state index contributed by atoms with van der Waals surface area (Å²) in [7, 11) is 0. The second kappa shape index (κ2) is 4.58.